The van der Waals surface area contributed by atoms with Crippen molar-refractivity contribution >= 4 is 23.4 Å². The topological polar surface area (TPSA) is 61.8 Å². The van der Waals surface area contributed by atoms with Crippen LogP contribution in [0.4, 0.5) is 0 Å². The average Bonchev–Trinajstić information content (AvgIpc) is 2.40. The molecule has 0 aliphatic rings. The van der Waals surface area contributed by atoms with Gasteiger partial charge in [0.2, 0.25) is 0 Å². The first-order chi connectivity index (χ1) is 8.97. The fourth-order valence-corrected chi connectivity index (χ4v) is 1.82. The third-order valence-electron chi connectivity index (χ3n) is 2.53. The van der Waals surface area contributed by atoms with Gasteiger partial charge in [0, 0.05) is 10.6 Å². The predicted octanol–water partition coefficient (Wildman–Crippen LogP) is 2.41. The van der Waals surface area contributed by atoms with Gasteiger partial charge in [-0.25, -0.2) is 4.79 Å². The molecular weight excluding hydrogens is 272 g/mol. The third kappa shape index (κ3) is 2.98. The first-order valence-electron chi connectivity index (χ1n) is 5.60. The summed E-state index contributed by atoms with van der Waals surface area (Å²) in [5, 5.41) is 0.310. The lowest BCUT2D eigenvalue weighted by atomic mass is 10.1. The van der Waals surface area contributed by atoms with Crippen LogP contribution in [0.25, 0.3) is 0 Å². The largest absolute Gasteiger partial charge is 0.493 e. The van der Waals surface area contributed by atoms with Crippen molar-refractivity contribution in [3.8, 4) is 11.5 Å². The molecule has 0 fully saturated rings. The molecule has 0 saturated carbocycles. The Morgan fingerprint density at radius 1 is 1.21 bits per heavy atom. The summed E-state index contributed by atoms with van der Waals surface area (Å²) in [5.74, 6) is -1.29. The number of rotatable bonds is 5. The Labute approximate surface area is 116 Å². The molecule has 19 heavy (non-hydrogen) atoms. The summed E-state index contributed by atoms with van der Waals surface area (Å²) >= 11 is 6.01. The Morgan fingerprint density at radius 2 is 1.79 bits per heavy atom. The highest BCUT2D eigenvalue weighted by Crippen LogP contribution is 2.39. The number of carbonyl (C=O) groups excluding carboxylic acids is 2. The highest BCUT2D eigenvalue weighted by molar-refractivity contribution is 6.42. The Kier molecular flexibility index (Phi) is 5.18. The van der Waals surface area contributed by atoms with Crippen LogP contribution in [0.5, 0.6) is 11.5 Å². The highest BCUT2D eigenvalue weighted by atomic mass is 35.5. The zero-order valence-electron chi connectivity index (χ0n) is 11.2. The quantitative estimate of drug-likeness (QED) is 0.472. The van der Waals surface area contributed by atoms with Gasteiger partial charge in [0.15, 0.2) is 11.5 Å². The number of ether oxygens (including phenoxy) is 3. The molecule has 5 nitrogen and oxygen atoms in total. The molecule has 0 aliphatic carbocycles. The summed E-state index contributed by atoms with van der Waals surface area (Å²) in [7, 11) is 2.81. The van der Waals surface area contributed by atoms with E-state index in [1.54, 1.807) is 13.8 Å². The van der Waals surface area contributed by atoms with Crippen molar-refractivity contribution < 1.29 is 23.8 Å². The van der Waals surface area contributed by atoms with E-state index in [9.17, 15) is 9.59 Å². The first kappa shape index (κ1) is 15.3. The van der Waals surface area contributed by atoms with E-state index in [4.69, 9.17) is 21.1 Å². The summed E-state index contributed by atoms with van der Waals surface area (Å²) < 4.78 is 15.0. The van der Waals surface area contributed by atoms with E-state index in [1.807, 2.05) is 0 Å². The summed E-state index contributed by atoms with van der Waals surface area (Å²) in [4.78, 5) is 23.5. The van der Waals surface area contributed by atoms with Gasteiger partial charge in [-0.1, -0.05) is 11.6 Å². The van der Waals surface area contributed by atoms with Gasteiger partial charge in [0.25, 0.3) is 5.78 Å². The van der Waals surface area contributed by atoms with Gasteiger partial charge in [-0.15, -0.1) is 0 Å². The molecule has 6 heteroatoms. The van der Waals surface area contributed by atoms with Crippen LogP contribution in [0.3, 0.4) is 0 Å². The molecule has 0 amide bonds. The minimum atomic E-state index is -0.956. The number of benzene rings is 1. The van der Waals surface area contributed by atoms with E-state index in [0.29, 0.717) is 16.3 Å². The van der Waals surface area contributed by atoms with Gasteiger partial charge in [-0.05, 0) is 19.9 Å². The van der Waals surface area contributed by atoms with Crippen molar-refractivity contribution in [2.45, 2.75) is 13.8 Å². The zero-order chi connectivity index (χ0) is 14.6. The normalized spacial score (nSPS) is 9.95. The smallest absolute Gasteiger partial charge is 0.379 e. The number of hydrogen-bond donors (Lipinski definition) is 0. The molecule has 1 rings (SSSR count). The second-order valence-electron chi connectivity index (χ2n) is 3.65. The van der Waals surface area contributed by atoms with Crippen LogP contribution < -0.4 is 9.47 Å². The third-order valence-corrected chi connectivity index (χ3v) is 2.93. The number of carbonyl (C=O) groups is 2. The zero-order valence-corrected chi connectivity index (χ0v) is 12.0. The lowest BCUT2D eigenvalue weighted by Gasteiger charge is -2.15. The molecule has 0 heterocycles. The average molecular weight is 287 g/mol. The van der Waals surface area contributed by atoms with Gasteiger partial charge < -0.3 is 14.2 Å². The van der Waals surface area contributed by atoms with E-state index >= 15 is 0 Å². The van der Waals surface area contributed by atoms with Crippen LogP contribution in [0.1, 0.15) is 22.8 Å². The molecule has 0 atom stereocenters. The maximum atomic E-state index is 12.0. The minimum Gasteiger partial charge on any atom is -0.493 e. The molecule has 0 aliphatic heterocycles. The van der Waals surface area contributed by atoms with Gasteiger partial charge in [0.1, 0.15) is 0 Å². The number of Topliss-reactive ketones (excluding diaryl/α,β-unsaturated/α-hetero) is 1. The van der Waals surface area contributed by atoms with E-state index < -0.39 is 11.8 Å². The Balaban J connectivity index is 3.39. The van der Waals surface area contributed by atoms with E-state index in [2.05, 4.69) is 4.74 Å². The Bertz CT molecular complexity index is 510. The van der Waals surface area contributed by atoms with Gasteiger partial charge >= 0.3 is 5.97 Å². The van der Waals surface area contributed by atoms with Crippen molar-refractivity contribution in [2.24, 2.45) is 0 Å². The van der Waals surface area contributed by atoms with Crippen molar-refractivity contribution in [1.82, 2.24) is 0 Å². The number of halogens is 1. The van der Waals surface area contributed by atoms with Crippen molar-refractivity contribution in [3.63, 3.8) is 0 Å². The van der Waals surface area contributed by atoms with E-state index in [1.165, 1.54) is 20.3 Å². The van der Waals surface area contributed by atoms with Crippen molar-refractivity contribution in [2.75, 3.05) is 20.8 Å². The summed E-state index contributed by atoms with van der Waals surface area (Å²) in [5.41, 5.74) is 0.648. The van der Waals surface area contributed by atoms with Crippen LogP contribution in [-0.4, -0.2) is 32.6 Å². The van der Waals surface area contributed by atoms with E-state index in [0.717, 1.165) is 0 Å². The first-order valence-corrected chi connectivity index (χ1v) is 5.98. The summed E-state index contributed by atoms with van der Waals surface area (Å²) in [6.45, 7) is 3.46. The Hall–Kier alpha value is -1.75. The second kappa shape index (κ2) is 6.43. The van der Waals surface area contributed by atoms with Crippen LogP contribution in [-0.2, 0) is 9.53 Å². The van der Waals surface area contributed by atoms with Crippen molar-refractivity contribution in [1.29, 1.82) is 0 Å². The summed E-state index contributed by atoms with van der Waals surface area (Å²) in [6, 6.07) is 1.37. The lowest BCUT2D eigenvalue weighted by molar-refractivity contribution is -0.137. The SMILES string of the molecule is CCOC(=O)C(=O)c1cc(Cl)c(C)c(OC)c1OC. The fourth-order valence-electron chi connectivity index (χ4n) is 1.63. The summed E-state index contributed by atoms with van der Waals surface area (Å²) in [6.07, 6.45) is 0. The predicted molar refractivity (Wildman–Crippen MR) is 70.3 cm³/mol. The van der Waals surface area contributed by atoms with Gasteiger partial charge in [-0.3, -0.25) is 4.79 Å². The number of hydrogen-bond acceptors (Lipinski definition) is 5. The Morgan fingerprint density at radius 3 is 2.26 bits per heavy atom. The van der Waals surface area contributed by atoms with Gasteiger partial charge in [0.05, 0.1) is 26.4 Å². The molecule has 0 radical (unpaired) electrons. The maximum absolute atomic E-state index is 12.0. The maximum Gasteiger partial charge on any atom is 0.379 e. The molecule has 0 unspecified atom stereocenters. The molecule has 104 valence electrons. The molecule has 1 aromatic carbocycles. The molecule has 0 spiro atoms. The molecule has 1 aromatic rings. The van der Waals surface area contributed by atoms with E-state index in [-0.39, 0.29) is 17.9 Å². The van der Waals surface area contributed by atoms with Gasteiger partial charge in [-0.2, -0.15) is 0 Å². The van der Waals surface area contributed by atoms with Crippen LogP contribution in [0.15, 0.2) is 6.07 Å². The number of ketones is 1. The number of esters is 1. The minimum absolute atomic E-state index is 0.0217. The number of methoxy groups -OCH3 is 2. The van der Waals surface area contributed by atoms with Crippen LogP contribution in [0.2, 0.25) is 5.02 Å². The van der Waals surface area contributed by atoms with Crippen LogP contribution in [0, 0.1) is 6.92 Å². The van der Waals surface area contributed by atoms with Crippen molar-refractivity contribution in [3.05, 3.63) is 22.2 Å². The van der Waals surface area contributed by atoms with Crippen LogP contribution >= 0.6 is 11.6 Å². The highest BCUT2D eigenvalue weighted by Gasteiger charge is 2.26. The molecular formula is C13H15ClO5. The fraction of sp³-hybridized carbons (Fsp3) is 0.385. The molecule has 0 saturated heterocycles. The second-order valence-corrected chi connectivity index (χ2v) is 4.05. The standard InChI is InChI=1S/C13H15ClO5/c1-5-19-13(16)10(15)8-6-9(14)7(2)11(17-3)12(8)18-4/h6H,5H2,1-4H3. The molecule has 0 N–H and O–H groups in total. The molecule has 0 aromatic heterocycles. The molecule has 0 bridgehead atoms. The lowest BCUT2D eigenvalue weighted by Crippen LogP contribution is -2.18. The monoisotopic (exact) mass is 286 g/mol.